The van der Waals surface area contributed by atoms with Gasteiger partial charge in [-0.3, -0.25) is 4.79 Å². The zero-order chi connectivity index (χ0) is 21.1. The van der Waals surface area contributed by atoms with Crippen LogP contribution in [-0.2, 0) is 10.0 Å². The molecule has 1 aliphatic heterocycles. The second-order valence-corrected chi connectivity index (χ2v) is 9.31. The molecule has 30 heavy (non-hydrogen) atoms. The Labute approximate surface area is 176 Å². The summed E-state index contributed by atoms with van der Waals surface area (Å²) < 4.78 is 29.1. The molecule has 1 saturated heterocycles. The highest BCUT2D eigenvalue weighted by Crippen LogP contribution is 2.19. The van der Waals surface area contributed by atoms with Gasteiger partial charge in [-0.2, -0.15) is 9.40 Å². The van der Waals surface area contributed by atoms with Gasteiger partial charge in [0.2, 0.25) is 10.0 Å². The lowest BCUT2D eigenvalue weighted by atomic mass is 10.2. The molecule has 0 N–H and O–H groups in total. The molecular formula is C22H24N4O3S. The fraction of sp³-hybridized carbons (Fsp3) is 0.273. The number of hydrogen-bond acceptors (Lipinski definition) is 4. The summed E-state index contributed by atoms with van der Waals surface area (Å²) in [5.41, 5.74) is 2.38. The second kappa shape index (κ2) is 8.41. The molecule has 0 atom stereocenters. The molecule has 0 aliphatic carbocycles. The van der Waals surface area contributed by atoms with E-state index in [1.54, 1.807) is 46.2 Å². The van der Waals surface area contributed by atoms with Crippen LogP contribution >= 0.6 is 0 Å². The molecule has 0 bridgehead atoms. The number of hydrogen-bond donors (Lipinski definition) is 0. The molecule has 0 saturated carbocycles. The van der Waals surface area contributed by atoms with Crippen LogP contribution in [0.5, 0.6) is 0 Å². The fourth-order valence-corrected chi connectivity index (χ4v) is 5.00. The zero-order valence-corrected chi connectivity index (χ0v) is 17.6. The first-order valence-corrected chi connectivity index (χ1v) is 11.4. The van der Waals surface area contributed by atoms with Crippen molar-refractivity contribution < 1.29 is 13.2 Å². The number of amides is 1. The summed E-state index contributed by atoms with van der Waals surface area (Å²) in [4.78, 5) is 15.0. The van der Waals surface area contributed by atoms with Gasteiger partial charge >= 0.3 is 0 Å². The van der Waals surface area contributed by atoms with E-state index in [1.165, 1.54) is 4.31 Å². The zero-order valence-electron chi connectivity index (χ0n) is 16.8. The minimum atomic E-state index is -3.57. The van der Waals surface area contributed by atoms with Crippen molar-refractivity contribution in [2.75, 3.05) is 26.2 Å². The molecule has 156 valence electrons. The SMILES string of the molecule is Cc1ccc(S(=O)(=O)N2CCCN(C(=O)c3cnn(-c4ccccc4)c3)CC2)cc1. The Kier molecular flexibility index (Phi) is 5.69. The first kappa shape index (κ1) is 20.3. The van der Waals surface area contributed by atoms with E-state index >= 15 is 0 Å². The van der Waals surface area contributed by atoms with E-state index in [9.17, 15) is 13.2 Å². The molecule has 2 aromatic carbocycles. The quantitative estimate of drug-likeness (QED) is 0.645. The van der Waals surface area contributed by atoms with Crippen molar-refractivity contribution in [1.82, 2.24) is 19.0 Å². The van der Waals surface area contributed by atoms with Crippen molar-refractivity contribution in [3.05, 3.63) is 78.1 Å². The number of benzene rings is 2. The minimum absolute atomic E-state index is 0.133. The highest BCUT2D eigenvalue weighted by molar-refractivity contribution is 7.89. The largest absolute Gasteiger partial charge is 0.337 e. The third-order valence-corrected chi connectivity index (χ3v) is 7.16. The Morgan fingerprint density at radius 3 is 2.40 bits per heavy atom. The Morgan fingerprint density at radius 2 is 1.67 bits per heavy atom. The van der Waals surface area contributed by atoms with Crippen molar-refractivity contribution >= 4 is 15.9 Å². The van der Waals surface area contributed by atoms with E-state index in [0.717, 1.165) is 11.3 Å². The van der Waals surface area contributed by atoms with Crippen LogP contribution in [0, 0.1) is 6.92 Å². The predicted octanol–water partition coefficient (Wildman–Crippen LogP) is 2.72. The molecule has 8 heteroatoms. The van der Waals surface area contributed by atoms with E-state index in [2.05, 4.69) is 5.10 Å². The van der Waals surface area contributed by atoms with Crippen LogP contribution in [0.4, 0.5) is 0 Å². The summed E-state index contributed by atoms with van der Waals surface area (Å²) in [6.07, 6.45) is 3.86. The normalized spacial score (nSPS) is 15.7. The average Bonchev–Trinajstić information content (AvgIpc) is 3.11. The smallest absolute Gasteiger partial charge is 0.257 e. The summed E-state index contributed by atoms with van der Waals surface area (Å²) in [6.45, 7) is 3.44. The highest BCUT2D eigenvalue weighted by atomic mass is 32.2. The van der Waals surface area contributed by atoms with Gasteiger partial charge in [0, 0.05) is 32.4 Å². The predicted molar refractivity (Wildman–Crippen MR) is 114 cm³/mol. The second-order valence-electron chi connectivity index (χ2n) is 7.37. The number of carbonyl (C=O) groups is 1. The molecule has 3 aromatic rings. The van der Waals surface area contributed by atoms with Gasteiger partial charge in [0.05, 0.1) is 22.3 Å². The van der Waals surface area contributed by atoms with E-state index in [0.29, 0.717) is 31.6 Å². The van der Waals surface area contributed by atoms with Crippen LogP contribution in [0.1, 0.15) is 22.3 Å². The molecule has 2 heterocycles. The molecule has 4 rings (SSSR count). The molecule has 7 nitrogen and oxygen atoms in total. The van der Waals surface area contributed by atoms with Gasteiger partial charge in [-0.25, -0.2) is 13.1 Å². The lowest BCUT2D eigenvalue weighted by Crippen LogP contribution is -2.37. The third kappa shape index (κ3) is 4.15. The van der Waals surface area contributed by atoms with Crippen LogP contribution in [0.3, 0.4) is 0 Å². The summed E-state index contributed by atoms with van der Waals surface area (Å²) in [6, 6.07) is 16.4. The molecule has 0 spiro atoms. The third-order valence-electron chi connectivity index (χ3n) is 5.25. The van der Waals surface area contributed by atoms with Crippen LogP contribution in [-0.4, -0.2) is 59.5 Å². The van der Waals surface area contributed by atoms with Gasteiger partial charge in [-0.15, -0.1) is 0 Å². The van der Waals surface area contributed by atoms with E-state index in [-0.39, 0.29) is 17.3 Å². The fourth-order valence-electron chi connectivity index (χ4n) is 3.53. The number of aromatic nitrogens is 2. The maximum absolute atomic E-state index is 13.0. The number of aryl methyl sites for hydroxylation is 1. The summed E-state index contributed by atoms with van der Waals surface area (Å²) in [5.74, 6) is -0.133. The molecule has 1 aliphatic rings. The van der Waals surface area contributed by atoms with Gasteiger partial charge in [0.1, 0.15) is 0 Å². The number of rotatable bonds is 4. The van der Waals surface area contributed by atoms with Crippen LogP contribution < -0.4 is 0 Å². The monoisotopic (exact) mass is 424 g/mol. The van der Waals surface area contributed by atoms with Crippen LogP contribution in [0.15, 0.2) is 71.9 Å². The minimum Gasteiger partial charge on any atom is -0.337 e. The van der Waals surface area contributed by atoms with Crippen molar-refractivity contribution in [3.63, 3.8) is 0 Å². The molecule has 1 amide bonds. The summed E-state index contributed by atoms with van der Waals surface area (Å²) >= 11 is 0. The van der Waals surface area contributed by atoms with Gasteiger partial charge in [-0.05, 0) is 37.6 Å². The lowest BCUT2D eigenvalue weighted by molar-refractivity contribution is 0.0764. The number of nitrogens with zero attached hydrogens (tertiary/aromatic N) is 4. The first-order chi connectivity index (χ1) is 14.4. The molecular weight excluding hydrogens is 400 g/mol. The maximum atomic E-state index is 13.0. The van der Waals surface area contributed by atoms with E-state index in [1.807, 2.05) is 37.3 Å². The van der Waals surface area contributed by atoms with Crippen molar-refractivity contribution in [2.45, 2.75) is 18.2 Å². The average molecular weight is 425 g/mol. The standard InChI is InChI=1S/C22H24N4O3S/c1-18-8-10-21(11-9-18)30(28,29)25-13-5-12-24(14-15-25)22(27)19-16-23-26(17-19)20-6-3-2-4-7-20/h2-4,6-11,16-17H,5,12-15H2,1H3. The Hall–Kier alpha value is -2.97. The van der Waals surface area contributed by atoms with Crippen molar-refractivity contribution in [3.8, 4) is 5.69 Å². The van der Waals surface area contributed by atoms with Crippen LogP contribution in [0.25, 0.3) is 5.69 Å². The van der Waals surface area contributed by atoms with E-state index in [4.69, 9.17) is 0 Å². The lowest BCUT2D eigenvalue weighted by Gasteiger charge is -2.21. The van der Waals surface area contributed by atoms with Gasteiger partial charge < -0.3 is 4.90 Å². The maximum Gasteiger partial charge on any atom is 0.257 e. The highest BCUT2D eigenvalue weighted by Gasteiger charge is 2.28. The summed E-state index contributed by atoms with van der Waals surface area (Å²) in [5, 5.41) is 4.29. The van der Waals surface area contributed by atoms with E-state index < -0.39 is 10.0 Å². The van der Waals surface area contributed by atoms with Crippen molar-refractivity contribution in [1.29, 1.82) is 0 Å². The van der Waals surface area contributed by atoms with Gasteiger partial charge in [0.25, 0.3) is 5.91 Å². The topological polar surface area (TPSA) is 75.5 Å². The van der Waals surface area contributed by atoms with Crippen LogP contribution in [0.2, 0.25) is 0 Å². The number of carbonyl (C=O) groups excluding carboxylic acids is 1. The molecule has 1 aromatic heterocycles. The number of sulfonamides is 1. The summed E-state index contributed by atoms with van der Waals surface area (Å²) in [7, 11) is -3.57. The first-order valence-electron chi connectivity index (χ1n) is 9.91. The Bertz CT molecular complexity index is 1120. The Morgan fingerprint density at radius 1 is 0.933 bits per heavy atom. The molecule has 0 unspecified atom stereocenters. The van der Waals surface area contributed by atoms with Gasteiger partial charge in [0.15, 0.2) is 0 Å². The molecule has 1 fully saturated rings. The Balaban J connectivity index is 1.46. The molecule has 0 radical (unpaired) electrons. The number of para-hydroxylation sites is 1. The van der Waals surface area contributed by atoms with Gasteiger partial charge in [-0.1, -0.05) is 35.9 Å². The van der Waals surface area contributed by atoms with Crippen molar-refractivity contribution in [2.24, 2.45) is 0 Å².